The minimum Gasteiger partial charge on any atom is -1.00 e. The Hall–Kier alpha value is -0.110. The highest BCUT2D eigenvalue weighted by Gasteiger charge is 2.50. The van der Waals surface area contributed by atoms with E-state index >= 15 is 0 Å². The van der Waals surface area contributed by atoms with Crippen LogP contribution >= 0.6 is 0 Å². The number of methoxy groups -OCH3 is 1. The molecule has 0 spiro atoms. The van der Waals surface area contributed by atoms with Gasteiger partial charge in [0.1, 0.15) is 18.3 Å². The number of halogens is 1. The summed E-state index contributed by atoms with van der Waals surface area (Å²) < 4.78 is 23.8. The highest BCUT2D eigenvalue weighted by Crippen LogP contribution is 2.35. The highest BCUT2D eigenvalue weighted by molar-refractivity contribution is 4.96. The summed E-state index contributed by atoms with van der Waals surface area (Å²) in [6.45, 7) is 2.39. The molecule has 2 aliphatic rings. The fourth-order valence-electron chi connectivity index (χ4n) is 4.36. The molecule has 2 fully saturated rings. The van der Waals surface area contributed by atoms with Gasteiger partial charge in [0.25, 0.3) is 0 Å². The molecule has 1 heterocycles. The van der Waals surface area contributed by atoms with E-state index in [1.165, 1.54) is 7.11 Å². The maximum absolute atomic E-state index is 11.1. The van der Waals surface area contributed by atoms with E-state index in [4.69, 9.17) is 18.9 Å². The standard InChI is InChI=1S/C21H42NO9.ClH/c1-12-15(11-24)30-21(17(26)16(12)25)31-19-13(10-23)9-14(28-5)20(18(19)27)29-8-6-7-22(2,3)4;/h12-21,23-27H,6-11H2,1-5H3;1H/q+1;/p-1. The number of nitrogens with zero attached hydrogens (tertiary/aromatic N) is 1. The lowest BCUT2D eigenvalue weighted by atomic mass is 9.80. The Morgan fingerprint density at radius 2 is 1.62 bits per heavy atom. The minimum absolute atomic E-state index is 0. The van der Waals surface area contributed by atoms with Crippen LogP contribution in [0.5, 0.6) is 0 Å². The van der Waals surface area contributed by atoms with E-state index in [1.807, 2.05) is 0 Å². The number of ether oxygens (including phenoxy) is 4. The van der Waals surface area contributed by atoms with E-state index in [2.05, 4.69) is 21.1 Å². The summed E-state index contributed by atoms with van der Waals surface area (Å²) in [5.41, 5.74) is 0. The van der Waals surface area contributed by atoms with Gasteiger partial charge in [-0.3, -0.25) is 0 Å². The van der Waals surface area contributed by atoms with Crippen LogP contribution in [0.25, 0.3) is 0 Å². The summed E-state index contributed by atoms with van der Waals surface area (Å²) in [6, 6.07) is 0. The molecule has 192 valence electrons. The fourth-order valence-corrected chi connectivity index (χ4v) is 4.36. The molecule has 1 saturated heterocycles. The molecule has 0 amide bonds. The van der Waals surface area contributed by atoms with Crippen LogP contribution in [0, 0.1) is 11.8 Å². The molecular weight excluding hydrogens is 446 g/mol. The quantitative estimate of drug-likeness (QED) is 0.152. The first-order valence-electron chi connectivity index (χ1n) is 11.1. The van der Waals surface area contributed by atoms with Gasteiger partial charge in [-0.1, -0.05) is 6.92 Å². The minimum atomic E-state index is -1.35. The third-order valence-corrected chi connectivity index (χ3v) is 6.39. The third kappa shape index (κ3) is 7.44. The Bertz CT molecular complexity index is 536. The first-order valence-corrected chi connectivity index (χ1v) is 11.1. The molecular formula is C21H42ClNO9. The van der Waals surface area contributed by atoms with Crippen LogP contribution < -0.4 is 12.4 Å². The van der Waals surface area contributed by atoms with Gasteiger partial charge < -0.3 is 61.4 Å². The number of rotatable bonds is 10. The van der Waals surface area contributed by atoms with Crippen molar-refractivity contribution < 1.29 is 61.4 Å². The van der Waals surface area contributed by atoms with Crippen LogP contribution in [0.1, 0.15) is 19.8 Å². The molecule has 0 aromatic heterocycles. The van der Waals surface area contributed by atoms with Crippen LogP contribution in [-0.2, 0) is 18.9 Å². The van der Waals surface area contributed by atoms with Crippen molar-refractivity contribution in [3.8, 4) is 0 Å². The van der Waals surface area contributed by atoms with Gasteiger partial charge in [0, 0.05) is 32.0 Å². The van der Waals surface area contributed by atoms with Gasteiger partial charge in [0.05, 0.1) is 65.3 Å². The molecule has 10 nitrogen and oxygen atoms in total. The second kappa shape index (κ2) is 13.1. The molecule has 1 saturated carbocycles. The number of aliphatic hydroxyl groups is 5. The Kier molecular flexibility index (Phi) is 12.3. The molecule has 5 N–H and O–H groups in total. The van der Waals surface area contributed by atoms with Crippen molar-refractivity contribution in [1.29, 1.82) is 0 Å². The van der Waals surface area contributed by atoms with Crippen LogP contribution in [-0.4, -0.2) is 134 Å². The lowest BCUT2D eigenvalue weighted by molar-refractivity contribution is -0.870. The fraction of sp³-hybridized carbons (Fsp3) is 1.00. The molecule has 0 bridgehead atoms. The maximum atomic E-state index is 11.1. The Morgan fingerprint density at radius 1 is 0.969 bits per heavy atom. The summed E-state index contributed by atoms with van der Waals surface area (Å²) in [7, 11) is 7.81. The zero-order valence-electron chi connectivity index (χ0n) is 19.7. The summed E-state index contributed by atoms with van der Waals surface area (Å²) in [4.78, 5) is 0. The van der Waals surface area contributed by atoms with Crippen LogP contribution in [0.4, 0.5) is 0 Å². The van der Waals surface area contributed by atoms with Gasteiger partial charge in [-0.2, -0.15) is 0 Å². The normalized spacial score (nSPS) is 40.7. The summed E-state index contributed by atoms with van der Waals surface area (Å²) in [5.74, 6) is -0.967. The molecule has 10 atom stereocenters. The second-order valence-electron chi connectivity index (χ2n) is 9.81. The predicted molar refractivity (Wildman–Crippen MR) is 111 cm³/mol. The summed E-state index contributed by atoms with van der Waals surface area (Å²) >= 11 is 0. The number of quaternary nitrogens is 1. The first-order chi connectivity index (χ1) is 14.5. The van der Waals surface area contributed by atoms with Crippen LogP contribution in [0.15, 0.2) is 0 Å². The van der Waals surface area contributed by atoms with Crippen LogP contribution in [0.3, 0.4) is 0 Å². The van der Waals surface area contributed by atoms with E-state index < -0.39 is 60.9 Å². The lowest BCUT2D eigenvalue weighted by Crippen LogP contribution is -3.00. The van der Waals surface area contributed by atoms with Gasteiger partial charge in [-0.05, 0) is 6.42 Å². The summed E-state index contributed by atoms with van der Waals surface area (Å²) in [6.07, 6.45) is -6.44. The molecule has 10 unspecified atom stereocenters. The average molecular weight is 488 g/mol. The van der Waals surface area contributed by atoms with Crippen molar-refractivity contribution in [2.75, 3.05) is 54.6 Å². The molecule has 2 rings (SSSR count). The smallest absolute Gasteiger partial charge is 0.186 e. The van der Waals surface area contributed by atoms with Crippen molar-refractivity contribution in [2.24, 2.45) is 11.8 Å². The highest BCUT2D eigenvalue weighted by atomic mass is 35.5. The van der Waals surface area contributed by atoms with Crippen molar-refractivity contribution in [3.63, 3.8) is 0 Å². The SMILES string of the molecule is COC1CC(CO)C(OC2OC(CO)C(C)C(O)C2O)C(O)C1OCCC[N+](C)(C)C.[Cl-]. The van der Waals surface area contributed by atoms with Gasteiger partial charge >= 0.3 is 0 Å². The Labute approximate surface area is 197 Å². The van der Waals surface area contributed by atoms with Gasteiger partial charge in [0.15, 0.2) is 6.29 Å². The van der Waals surface area contributed by atoms with Crippen molar-refractivity contribution in [2.45, 2.75) is 68.8 Å². The average Bonchev–Trinajstić information content (AvgIpc) is 2.72. The van der Waals surface area contributed by atoms with E-state index in [9.17, 15) is 25.5 Å². The largest absolute Gasteiger partial charge is 1.00 e. The first kappa shape index (κ1) is 29.9. The third-order valence-electron chi connectivity index (χ3n) is 6.39. The van der Waals surface area contributed by atoms with Gasteiger partial charge in [-0.25, -0.2) is 0 Å². The molecule has 32 heavy (non-hydrogen) atoms. The van der Waals surface area contributed by atoms with Crippen molar-refractivity contribution in [3.05, 3.63) is 0 Å². The lowest BCUT2D eigenvalue weighted by Gasteiger charge is -2.47. The topological polar surface area (TPSA) is 138 Å². The molecule has 1 aliphatic carbocycles. The predicted octanol–water partition coefficient (Wildman–Crippen LogP) is -4.68. The number of hydrogen-bond donors (Lipinski definition) is 5. The monoisotopic (exact) mass is 487 g/mol. The summed E-state index contributed by atoms with van der Waals surface area (Å²) in [5, 5.41) is 51.2. The maximum Gasteiger partial charge on any atom is 0.186 e. The Morgan fingerprint density at radius 3 is 2.16 bits per heavy atom. The molecule has 11 heteroatoms. The zero-order valence-corrected chi connectivity index (χ0v) is 20.5. The number of hydrogen-bond acceptors (Lipinski definition) is 9. The van der Waals surface area contributed by atoms with Gasteiger partial charge in [-0.15, -0.1) is 0 Å². The molecule has 0 radical (unpaired) electrons. The molecule has 1 aliphatic heterocycles. The Balaban J connectivity index is 0.00000512. The van der Waals surface area contributed by atoms with E-state index in [0.717, 1.165) is 17.4 Å². The van der Waals surface area contributed by atoms with Crippen molar-refractivity contribution >= 4 is 0 Å². The van der Waals surface area contributed by atoms with Gasteiger partial charge in [0.2, 0.25) is 0 Å². The van der Waals surface area contributed by atoms with E-state index in [1.54, 1.807) is 6.92 Å². The van der Waals surface area contributed by atoms with E-state index in [-0.39, 0.29) is 25.6 Å². The number of aliphatic hydroxyl groups excluding tert-OH is 5. The second-order valence-corrected chi connectivity index (χ2v) is 9.81. The van der Waals surface area contributed by atoms with Crippen LogP contribution in [0.2, 0.25) is 0 Å². The van der Waals surface area contributed by atoms with E-state index in [0.29, 0.717) is 13.0 Å². The molecule has 0 aromatic carbocycles. The van der Waals surface area contributed by atoms with Crippen molar-refractivity contribution in [1.82, 2.24) is 0 Å². The molecule has 0 aromatic rings. The zero-order chi connectivity index (χ0) is 23.3.